The van der Waals surface area contributed by atoms with E-state index in [1.54, 1.807) is 0 Å². The van der Waals surface area contributed by atoms with E-state index in [1.807, 2.05) is 30.3 Å². The number of aromatic nitrogens is 4. The zero-order chi connectivity index (χ0) is 10.5. The first kappa shape index (κ1) is 9.32. The molecule has 1 aromatic carbocycles. The highest BCUT2D eigenvalue weighted by Crippen LogP contribution is 1.97. The Hall–Kier alpha value is -2.24. The predicted octanol–water partition coefficient (Wildman–Crippen LogP) is 0.130. The standard InChI is InChI=1S/C9H9N5O/c15-9(8-11-13-14-12-8)10-6-7-4-2-1-3-5-7/h1-5H,6H2,(H,10,15)(H,11,12,13,14). The molecule has 2 aromatic rings. The number of hydrogen-bond acceptors (Lipinski definition) is 4. The fourth-order valence-corrected chi connectivity index (χ4v) is 1.12. The number of rotatable bonds is 3. The van der Waals surface area contributed by atoms with Crippen molar-refractivity contribution in [2.45, 2.75) is 6.54 Å². The van der Waals surface area contributed by atoms with Crippen LogP contribution < -0.4 is 5.32 Å². The lowest BCUT2D eigenvalue weighted by Gasteiger charge is -2.01. The average molecular weight is 203 g/mol. The lowest BCUT2D eigenvalue weighted by Crippen LogP contribution is -2.23. The molecule has 15 heavy (non-hydrogen) atoms. The van der Waals surface area contributed by atoms with Gasteiger partial charge < -0.3 is 5.32 Å². The number of benzene rings is 1. The molecule has 2 rings (SSSR count). The lowest BCUT2D eigenvalue weighted by atomic mass is 10.2. The van der Waals surface area contributed by atoms with Gasteiger partial charge in [-0.15, -0.1) is 10.2 Å². The van der Waals surface area contributed by atoms with Crippen LogP contribution >= 0.6 is 0 Å². The van der Waals surface area contributed by atoms with E-state index in [2.05, 4.69) is 25.9 Å². The summed E-state index contributed by atoms with van der Waals surface area (Å²) in [5.74, 6) is -0.293. The largest absolute Gasteiger partial charge is 0.345 e. The Kier molecular flexibility index (Phi) is 2.68. The van der Waals surface area contributed by atoms with Gasteiger partial charge in [-0.2, -0.15) is 5.21 Å². The van der Waals surface area contributed by atoms with Crippen molar-refractivity contribution in [1.82, 2.24) is 25.9 Å². The van der Waals surface area contributed by atoms with E-state index in [0.717, 1.165) is 5.56 Å². The van der Waals surface area contributed by atoms with Gasteiger partial charge in [0.15, 0.2) is 0 Å². The van der Waals surface area contributed by atoms with Gasteiger partial charge in [0.1, 0.15) is 0 Å². The summed E-state index contributed by atoms with van der Waals surface area (Å²) in [4.78, 5) is 11.4. The van der Waals surface area contributed by atoms with Crippen molar-refractivity contribution in [2.75, 3.05) is 0 Å². The third-order valence-corrected chi connectivity index (χ3v) is 1.84. The maximum atomic E-state index is 11.4. The summed E-state index contributed by atoms with van der Waals surface area (Å²) in [5.41, 5.74) is 1.02. The van der Waals surface area contributed by atoms with Gasteiger partial charge in [0.25, 0.3) is 11.7 Å². The predicted molar refractivity (Wildman–Crippen MR) is 51.8 cm³/mol. The van der Waals surface area contributed by atoms with Gasteiger partial charge in [0.05, 0.1) is 0 Å². The summed E-state index contributed by atoms with van der Waals surface area (Å²) in [6.45, 7) is 0.453. The second-order valence-corrected chi connectivity index (χ2v) is 2.90. The van der Waals surface area contributed by atoms with Crippen molar-refractivity contribution in [3.8, 4) is 0 Å². The SMILES string of the molecule is O=C(NCc1ccccc1)c1nn[nH]n1. The van der Waals surface area contributed by atoms with Crippen molar-refractivity contribution < 1.29 is 4.79 Å². The Morgan fingerprint density at radius 1 is 1.33 bits per heavy atom. The highest BCUT2D eigenvalue weighted by atomic mass is 16.2. The molecular weight excluding hydrogens is 194 g/mol. The fraction of sp³-hybridized carbons (Fsp3) is 0.111. The Balaban J connectivity index is 1.92. The zero-order valence-corrected chi connectivity index (χ0v) is 7.84. The van der Waals surface area contributed by atoms with Gasteiger partial charge in [-0.05, 0) is 10.8 Å². The van der Waals surface area contributed by atoms with E-state index >= 15 is 0 Å². The summed E-state index contributed by atoms with van der Waals surface area (Å²) < 4.78 is 0. The Bertz CT molecular complexity index is 425. The Morgan fingerprint density at radius 2 is 2.13 bits per heavy atom. The third-order valence-electron chi connectivity index (χ3n) is 1.84. The normalized spacial score (nSPS) is 9.87. The quantitative estimate of drug-likeness (QED) is 0.742. The van der Waals surface area contributed by atoms with Gasteiger partial charge in [-0.3, -0.25) is 4.79 Å². The minimum absolute atomic E-state index is 0.0472. The van der Waals surface area contributed by atoms with Crippen molar-refractivity contribution in [3.05, 3.63) is 41.7 Å². The van der Waals surface area contributed by atoms with Crippen molar-refractivity contribution in [1.29, 1.82) is 0 Å². The number of hydrogen-bond donors (Lipinski definition) is 2. The van der Waals surface area contributed by atoms with Crippen molar-refractivity contribution in [2.24, 2.45) is 0 Å². The molecule has 0 bridgehead atoms. The lowest BCUT2D eigenvalue weighted by molar-refractivity contribution is 0.0940. The van der Waals surface area contributed by atoms with Crippen LogP contribution in [0.1, 0.15) is 16.2 Å². The van der Waals surface area contributed by atoms with Crippen LogP contribution in [0.25, 0.3) is 0 Å². The van der Waals surface area contributed by atoms with Crippen molar-refractivity contribution >= 4 is 5.91 Å². The first-order valence-corrected chi connectivity index (χ1v) is 4.42. The molecule has 1 aromatic heterocycles. The van der Waals surface area contributed by atoms with Crippen LogP contribution in [-0.4, -0.2) is 26.5 Å². The van der Waals surface area contributed by atoms with E-state index in [4.69, 9.17) is 0 Å². The molecule has 0 unspecified atom stereocenters. The van der Waals surface area contributed by atoms with Crippen LogP contribution in [-0.2, 0) is 6.54 Å². The first-order chi connectivity index (χ1) is 7.36. The van der Waals surface area contributed by atoms with Gasteiger partial charge in [-0.25, -0.2) is 0 Å². The maximum Gasteiger partial charge on any atom is 0.293 e. The van der Waals surface area contributed by atoms with Gasteiger partial charge in [-0.1, -0.05) is 30.3 Å². The number of H-pyrrole nitrogens is 1. The number of nitrogens with zero attached hydrogens (tertiary/aromatic N) is 3. The molecule has 0 aliphatic carbocycles. The topological polar surface area (TPSA) is 83.6 Å². The van der Waals surface area contributed by atoms with Crippen LogP contribution in [0, 0.1) is 0 Å². The molecule has 1 amide bonds. The molecule has 0 radical (unpaired) electrons. The summed E-state index contributed by atoms with van der Waals surface area (Å²) in [6.07, 6.45) is 0. The number of nitrogens with one attached hydrogen (secondary N) is 2. The average Bonchev–Trinajstić information content (AvgIpc) is 2.81. The van der Waals surface area contributed by atoms with E-state index in [-0.39, 0.29) is 11.7 Å². The number of aromatic amines is 1. The molecule has 0 fully saturated rings. The molecule has 0 aliphatic heterocycles. The van der Waals surface area contributed by atoms with E-state index in [0.29, 0.717) is 6.54 Å². The molecule has 0 aliphatic rings. The minimum Gasteiger partial charge on any atom is -0.345 e. The van der Waals surface area contributed by atoms with E-state index in [1.165, 1.54) is 0 Å². The van der Waals surface area contributed by atoms with Crippen LogP contribution in [0.3, 0.4) is 0 Å². The molecule has 6 heteroatoms. The van der Waals surface area contributed by atoms with E-state index < -0.39 is 0 Å². The molecular formula is C9H9N5O. The number of carbonyl (C=O) groups is 1. The first-order valence-electron chi connectivity index (χ1n) is 4.42. The Labute approximate surface area is 85.7 Å². The summed E-state index contributed by atoms with van der Waals surface area (Å²) >= 11 is 0. The number of tetrazole rings is 1. The fourth-order valence-electron chi connectivity index (χ4n) is 1.12. The van der Waals surface area contributed by atoms with E-state index in [9.17, 15) is 4.79 Å². The molecule has 0 saturated carbocycles. The van der Waals surface area contributed by atoms with Crippen LogP contribution in [0.2, 0.25) is 0 Å². The minimum atomic E-state index is -0.340. The molecule has 0 saturated heterocycles. The third kappa shape index (κ3) is 2.37. The monoisotopic (exact) mass is 203 g/mol. The molecule has 6 nitrogen and oxygen atoms in total. The molecule has 0 spiro atoms. The molecule has 76 valence electrons. The smallest absolute Gasteiger partial charge is 0.293 e. The molecule has 1 heterocycles. The molecule has 2 N–H and O–H groups in total. The summed E-state index contributed by atoms with van der Waals surface area (Å²) in [5, 5.41) is 15.3. The maximum absolute atomic E-state index is 11.4. The van der Waals surface area contributed by atoms with Crippen molar-refractivity contribution in [3.63, 3.8) is 0 Å². The van der Waals surface area contributed by atoms with Gasteiger partial charge in [0, 0.05) is 6.54 Å². The highest BCUT2D eigenvalue weighted by molar-refractivity contribution is 5.89. The summed E-state index contributed by atoms with van der Waals surface area (Å²) in [7, 11) is 0. The second kappa shape index (κ2) is 4.32. The Morgan fingerprint density at radius 3 is 2.80 bits per heavy atom. The number of carbonyl (C=O) groups excluding carboxylic acids is 1. The van der Waals surface area contributed by atoms with Crippen LogP contribution in [0.5, 0.6) is 0 Å². The zero-order valence-electron chi connectivity index (χ0n) is 7.84. The van der Waals surface area contributed by atoms with Gasteiger partial charge >= 0.3 is 0 Å². The summed E-state index contributed by atoms with van der Waals surface area (Å²) in [6, 6.07) is 9.60. The highest BCUT2D eigenvalue weighted by Gasteiger charge is 2.09. The molecule has 0 atom stereocenters. The number of amides is 1. The van der Waals surface area contributed by atoms with Crippen LogP contribution in [0.15, 0.2) is 30.3 Å². The van der Waals surface area contributed by atoms with Gasteiger partial charge in [0.2, 0.25) is 0 Å². The van der Waals surface area contributed by atoms with Crippen LogP contribution in [0.4, 0.5) is 0 Å². The second-order valence-electron chi connectivity index (χ2n) is 2.90.